The maximum atomic E-state index is 13.0. The molecule has 2 fully saturated rings. The molecule has 9 heteroatoms. The van der Waals surface area contributed by atoms with E-state index in [2.05, 4.69) is 25.6 Å². The third-order valence-electron chi connectivity index (χ3n) is 5.60. The molecule has 2 aliphatic rings. The molecule has 0 N–H and O–H groups in total. The second kappa shape index (κ2) is 8.73. The zero-order valence-electron chi connectivity index (χ0n) is 16.6. The van der Waals surface area contributed by atoms with E-state index in [1.54, 1.807) is 11.0 Å². The SMILES string of the molecule is Cc1ccc(N2CCN(C3CCN(c4ccc(OC(F)F)c(Cl)c4)C3=O)CC2)nc1. The van der Waals surface area contributed by atoms with Gasteiger partial charge in [0.25, 0.3) is 0 Å². The molecular formula is C21H23ClF2N4O2. The first-order chi connectivity index (χ1) is 14.4. The molecule has 4 rings (SSSR count). The van der Waals surface area contributed by atoms with E-state index in [9.17, 15) is 13.6 Å². The maximum Gasteiger partial charge on any atom is 0.387 e. The van der Waals surface area contributed by atoms with Crippen LogP contribution in [0.15, 0.2) is 36.5 Å². The molecule has 1 amide bonds. The highest BCUT2D eigenvalue weighted by Gasteiger charge is 2.38. The lowest BCUT2D eigenvalue weighted by Crippen LogP contribution is -2.52. The highest BCUT2D eigenvalue weighted by molar-refractivity contribution is 6.32. The number of benzene rings is 1. The average molecular weight is 437 g/mol. The summed E-state index contributed by atoms with van der Waals surface area (Å²) in [6.07, 6.45) is 2.58. The lowest BCUT2D eigenvalue weighted by molar-refractivity contribution is -0.121. The molecule has 0 bridgehead atoms. The largest absolute Gasteiger partial charge is 0.433 e. The van der Waals surface area contributed by atoms with Gasteiger partial charge in [-0.1, -0.05) is 17.7 Å². The summed E-state index contributed by atoms with van der Waals surface area (Å²) < 4.78 is 29.2. The fraction of sp³-hybridized carbons (Fsp3) is 0.429. The topological polar surface area (TPSA) is 48.9 Å². The lowest BCUT2D eigenvalue weighted by Gasteiger charge is -2.37. The van der Waals surface area contributed by atoms with Crippen LogP contribution in [0.3, 0.4) is 0 Å². The third kappa shape index (κ3) is 4.34. The van der Waals surface area contributed by atoms with Gasteiger partial charge in [0, 0.05) is 44.6 Å². The Morgan fingerprint density at radius 1 is 1.13 bits per heavy atom. The Morgan fingerprint density at radius 3 is 2.53 bits per heavy atom. The zero-order chi connectivity index (χ0) is 21.3. The maximum absolute atomic E-state index is 13.0. The van der Waals surface area contributed by atoms with Crippen molar-refractivity contribution in [2.75, 3.05) is 42.5 Å². The van der Waals surface area contributed by atoms with Crippen LogP contribution in [0.1, 0.15) is 12.0 Å². The van der Waals surface area contributed by atoms with Crippen molar-refractivity contribution >= 4 is 29.0 Å². The molecule has 0 aliphatic carbocycles. The number of alkyl halides is 2. The molecule has 1 aromatic heterocycles. The summed E-state index contributed by atoms with van der Waals surface area (Å²) in [5.74, 6) is 0.871. The Balaban J connectivity index is 1.38. The van der Waals surface area contributed by atoms with Gasteiger partial charge in [0.1, 0.15) is 11.6 Å². The molecule has 0 radical (unpaired) electrons. The summed E-state index contributed by atoms with van der Waals surface area (Å²) in [4.78, 5) is 23.6. The quantitative estimate of drug-likeness (QED) is 0.717. The Morgan fingerprint density at radius 2 is 1.90 bits per heavy atom. The predicted octanol–water partition coefficient (Wildman–Crippen LogP) is 3.57. The fourth-order valence-electron chi connectivity index (χ4n) is 4.02. The molecule has 6 nitrogen and oxygen atoms in total. The number of piperazine rings is 1. The Labute approximate surface area is 179 Å². The second-order valence-corrected chi connectivity index (χ2v) is 7.91. The van der Waals surface area contributed by atoms with E-state index in [1.807, 2.05) is 19.2 Å². The van der Waals surface area contributed by atoms with E-state index in [0.717, 1.165) is 37.6 Å². The fourth-order valence-corrected chi connectivity index (χ4v) is 4.24. The first-order valence-electron chi connectivity index (χ1n) is 9.90. The Kier molecular flexibility index (Phi) is 6.06. The van der Waals surface area contributed by atoms with E-state index in [0.29, 0.717) is 18.7 Å². The zero-order valence-corrected chi connectivity index (χ0v) is 17.4. The van der Waals surface area contributed by atoms with Crippen molar-refractivity contribution in [1.82, 2.24) is 9.88 Å². The number of aryl methyl sites for hydroxylation is 1. The van der Waals surface area contributed by atoms with E-state index >= 15 is 0 Å². The minimum absolute atomic E-state index is 0.00973. The van der Waals surface area contributed by atoms with Gasteiger partial charge in [0.05, 0.1) is 11.1 Å². The third-order valence-corrected chi connectivity index (χ3v) is 5.89. The van der Waals surface area contributed by atoms with Crippen molar-refractivity contribution in [2.45, 2.75) is 26.0 Å². The number of hydrogen-bond acceptors (Lipinski definition) is 5. The standard InChI is InChI=1S/C21H23ClF2N4O2/c1-14-2-5-19(25-13-14)27-10-8-26(9-11-27)17-6-7-28(20(17)29)15-3-4-18(16(22)12-15)30-21(23)24/h2-5,12-13,17,21H,6-11H2,1H3. The number of amides is 1. The van der Waals surface area contributed by atoms with Crippen molar-refractivity contribution in [1.29, 1.82) is 0 Å². The first kappa shape index (κ1) is 20.8. The van der Waals surface area contributed by atoms with Crippen LogP contribution in [-0.2, 0) is 4.79 Å². The van der Waals surface area contributed by atoms with Gasteiger partial charge in [-0.05, 0) is 43.2 Å². The molecule has 30 heavy (non-hydrogen) atoms. The molecule has 3 heterocycles. The number of nitrogens with zero attached hydrogens (tertiary/aromatic N) is 4. The van der Waals surface area contributed by atoms with Crippen molar-refractivity contribution in [2.24, 2.45) is 0 Å². The second-order valence-electron chi connectivity index (χ2n) is 7.50. The number of carbonyl (C=O) groups excluding carboxylic acids is 1. The van der Waals surface area contributed by atoms with E-state index in [4.69, 9.17) is 11.6 Å². The summed E-state index contributed by atoms with van der Waals surface area (Å²) in [7, 11) is 0. The van der Waals surface area contributed by atoms with Crippen LogP contribution in [0.4, 0.5) is 20.3 Å². The van der Waals surface area contributed by atoms with Crippen molar-refractivity contribution in [3.63, 3.8) is 0 Å². The smallest absolute Gasteiger partial charge is 0.387 e. The first-order valence-corrected chi connectivity index (χ1v) is 10.3. The minimum Gasteiger partial charge on any atom is -0.433 e. The van der Waals surface area contributed by atoms with Gasteiger partial charge < -0.3 is 14.5 Å². The number of carbonyl (C=O) groups is 1. The summed E-state index contributed by atoms with van der Waals surface area (Å²) in [6, 6.07) is 8.35. The summed E-state index contributed by atoms with van der Waals surface area (Å²) in [6.45, 7) is 2.81. The van der Waals surface area contributed by atoms with Crippen molar-refractivity contribution < 1.29 is 18.3 Å². The molecule has 1 atom stereocenters. The molecule has 1 aromatic carbocycles. The lowest BCUT2D eigenvalue weighted by atomic mass is 10.1. The molecule has 2 aliphatic heterocycles. The number of ether oxygens (including phenoxy) is 1. The Hall–Kier alpha value is -2.45. The van der Waals surface area contributed by atoms with Gasteiger partial charge in [-0.25, -0.2) is 4.98 Å². The van der Waals surface area contributed by atoms with Crippen LogP contribution in [0.2, 0.25) is 5.02 Å². The van der Waals surface area contributed by atoms with Gasteiger partial charge in [-0.15, -0.1) is 0 Å². The van der Waals surface area contributed by atoms with Crippen LogP contribution in [-0.4, -0.2) is 61.2 Å². The van der Waals surface area contributed by atoms with Crippen LogP contribution in [0, 0.1) is 6.92 Å². The number of aromatic nitrogens is 1. The van der Waals surface area contributed by atoms with E-state index in [-0.39, 0.29) is 22.7 Å². The number of hydrogen-bond donors (Lipinski definition) is 0. The Bertz CT molecular complexity index is 904. The van der Waals surface area contributed by atoms with Crippen LogP contribution in [0.5, 0.6) is 5.75 Å². The van der Waals surface area contributed by atoms with Crippen LogP contribution >= 0.6 is 11.6 Å². The summed E-state index contributed by atoms with van der Waals surface area (Å²) in [5, 5.41) is 0.0586. The van der Waals surface area contributed by atoms with E-state index < -0.39 is 6.61 Å². The monoisotopic (exact) mass is 436 g/mol. The van der Waals surface area contributed by atoms with E-state index in [1.165, 1.54) is 12.1 Å². The van der Waals surface area contributed by atoms with Crippen LogP contribution < -0.4 is 14.5 Å². The minimum atomic E-state index is -2.94. The normalized spacial score (nSPS) is 20.3. The highest BCUT2D eigenvalue weighted by atomic mass is 35.5. The molecule has 1 unspecified atom stereocenters. The van der Waals surface area contributed by atoms with Gasteiger partial charge in [-0.3, -0.25) is 9.69 Å². The molecule has 160 valence electrons. The number of halogens is 3. The van der Waals surface area contributed by atoms with Gasteiger partial charge in [0.15, 0.2) is 0 Å². The molecular weight excluding hydrogens is 414 g/mol. The molecule has 2 saturated heterocycles. The van der Waals surface area contributed by atoms with Crippen LogP contribution in [0.25, 0.3) is 0 Å². The molecule has 2 aromatic rings. The highest BCUT2D eigenvalue weighted by Crippen LogP contribution is 2.33. The number of rotatable bonds is 5. The summed E-state index contributed by atoms with van der Waals surface area (Å²) in [5.41, 5.74) is 1.72. The molecule has 0 saturated carbocycles. The average Bonchev–Trinajstić information content (AvgIpc) is 3.11. The van der Waals surface area contributed by atoms with Gasteiger partial charge in [-0.2, -0.15) is 8.78 Å². The summed E-state index contributed by atoms with van der Waals surface area (Å²) >= 11 is 6.05. The van der Waals surface area contributed by atoms with Gasteiger partial charge in [0.2, 0.25) is 5.91 Å². The number of anilines is 2. The van der Waals surface area contributed by atoms with Crippen molar-refractivity contribution in [3.8, 4) is 5.75 Å². The van der Waals surface area contributed by atoms with Crippen molar-refractivity contribution in [3.05, 3.63) is 47.1 Å². The predicted molar refractivity (Wildman–Crippen MR) is 112 cm³/mol. The number of pyridine rings is 1. The van der Waals surface area contributed by atoms with Gasteiger partial charge >= 0.3 is 6.61 Å². The molecule has 0 spiro atoms.